The van der Waals surface area contributed by atoms with Crippen molar-refractivity contribution in [2.45, 2.75) is 90.3 Å². The summed E-state index contributed by atoms with van der Waals surface area (Å²) in [5.41, 5.74) is 0.0140. The Morgan fingerprint density at radius 2 is 1.81 bits per heavy atom. The number of benzene rings is 1. The Bertz CT molecular complexity index is 537. The summed E-state index contributed by atoms with van der Waals surface area (Å²) in [6.07, 6.45) is 10.0. The van der Waals surface area contributed by atoms with Gasteiger partial charge in [-0.2, -0.15) is 0 Å². The summed E-state index contributed by atoms with van der Waals surface area (Å²) in [5, 5.41) is 3.02. The quantitative estimate of drug-likeness (QED) is 0.513. The molecule has 0 bridgehead atoms. The summed E-state index contributed by atoms with van der Waals surface area (Å²) < 4.78 is 11.9. The number of ether oxygens (including phenoxy) is 2. The van der Waals surface area contributed by atoms with Crippen LogP contribution in [0.15, 0.2) is 24.3 Å². The molecule has 4 nitrogen and oxygen atoms in total. The molecule has 0 radical (unpaired) electrons. The molecular formula is C22H35NO3. The summed E-state index contributed by atoms with van der Waals surface area (Å²) in [5.74, 6) is 0.814. The van der Waals surface area contributed by atoms with Crippen molar-refractivity contribution in [3.63, 3.8) is 0 Å². The number of nitrogens with one attached hydrogen (secondary N) is 1. The molecule has 1 N–H and O–H groups in total. The Morgan fingerprint density at radius 3 is 2.42 bits per heavy atom. The Kier molecular flexibility index (Phi) is 8.43. The summed E-state index contributed by atoms with van der Waals surface area (Å²) in [7, 11) is 0. The lowest BCUT2D eigenvalue weighted by molar-refractivity contribution is -0.140. The standard InChI is InChI=1S/C22H35NO3/c1-4-6-9-16-22(3,25-17-5-2)21(24)23-18-12-14-20(15-13-18)26-19-10-7-8-11-19/h12-15,19H,4-11,16-17H2,1-3H3,(H,23,24)/t22-/m0/s1. The van der Waals surface area contributed by atoms with E-state index in [-0.39, 0.29) is 5.91 Å². The molecule has 0 heterocycles. The van der Waals surface area contributed by atoms with Gasteiger partial charge in [0.2, 0.25) is 0 Å². The number of anilines is 1. The van der Waals surface area contributed by atoms with Crippen LogP contribution in [0.1, 0.15) is 78.6 Å². The van der Waals surface area contributed by atoms with E-state index in [4.69, 9.17) is 9.47 Å². The molecule has 26 heavy (non-hydrogen) atoms. The minimum Gasteiger partial charge on any atom is -0.490 e. The van der Waals surface area contributed by atoms with Crippen LogP contribution in [0.3, 0.4) is 0 Å². The fourth-order valence-corrected chi connectivity index (χ4v) is 3.37. The zero-order valence-corrected chi connectivity index (χ0v) is 16.7. The first-order valence-electron chi connectivity index (χ1n) is 10.3. The van der Waals surface area contributed by atoms with Gasteiger partial charge in [-0.05, 0) is 69.7 Å². The monoisotopic (exact) mass is 361 g/mol. The van der Waals surface area contributed by atoms with E-state index in [1.165, 1.54) is 12.8 Å². The fraction of sp³-hybridized carbons (Fsp3) is 0.682. The van der Waals surface area contributed by atoms with Crippen LogP contribution < -0.4 is 10.1 Å². The topological polar surface area (TPSA) is 47.6 Å². The maximum atomic E-state index is 12.8. The molecule has 0 unspecified atom stereocenters. The van der Waals surface area contributed by atoms with Crippen molar-refractivity contribution in [3.05, 3.63) is 24.3 Å². The number of unbranched alkanes of at least 4 members (excludes halogenated alkanes) is 2. The molecule has 0 saturated heterocycles. The van der Waals surface area contributed by atoms with Crippen molar-refractivity contribution in [3.8, 4) is 5.75 Å². The van der Waals surface area contributed by atoms with Crippen LogP contribution in [0.5, 0.6) is 5.75 Å². The highest BCUT2D eigenvalue weighted by atomic mass is 16.5. The van der Waals surface area contributed by atoms with Crippen molar-refractivity contribution in [1.82, 2.24) is 0 Å². The summed E-state index contributed by atoms with van der Waals surface area (Å²) in [4.78, 5) is 12.8. The highest BCUT2D eigenvalue weighted by Gasteiger charge is 2.33. The number of carbonyl (C=O) groups excluding carboxylic acids is 1. The van der Waals surface area contributed by atoms with Gasteiger partial charge in [0.25, 0.3) is 5.91 Å². The van der Waals surface area contributed by atoms with Crippen LogP contribution in [-0.4, -0.2) is 24.2 Å². The molecule has 1 aromatic rings. The van der Waals surface area contributed by atoms with Gasteiger partial charge in [-0.25, -0.2) is 0 Å². The molecule has 1 amide bonds. The van der Waals surface area contributed by atoms with Gasteiger partial charge in [-0.3, -0.25) is 4.79 Å². The summed E-state index contributed by atoms with van der Waals surface area (Å²) in [6, 6.07) is 7.70. The molecule has 0 aromatic heterocycles. The van der Waals surface area contributed by atoms with E-state index in [9.17, 15) is 4.79 Å². The molecule has 1 atom stereocenters. The molecule has 1 saturated carbocycles. The maximum absolute atomic E-state index is 12.8. The van der Waals surface area contributed by atoms with Crippen LogP contribution in [0.2, 0.25) is 0 Å². The lowest BCUT2D eigenvalue weighted by Gasteiger charge is -2.28. The highest BCUT2D eigenvalue weighted by Crippen LogP contribution is 2.26. The number of carbonyl (C=O) groups is 1. The van der Waals surface area contributed by atoms with Crippen LogP contribution in [0, 0.1) is 0 Å². The van der Waals surface area contributed by atoms with Crippen LogP contribution in [0.4, 0.5) is 5.69 Å². The molecule has 1 aliphatic rings. The Hall–Kier alpha value is -1.55. The van der Waals surface area contributed by atoms with Crippen LogP contribution >= 0.6 is 0 Å². The van der Waals surface area contributed by atoms with E-state index < -0.39 is 5.60 Å². The van der Waals surface area contributed by atoms with Gasteiger partial charge in [-0.1, -0.05) is 33.1 Å². The van der Waals surface area contributed by atoms with E-state index in [1.54, 1.807) is 0 Å². The van der Waals surface area contributed by atoms with Gasteiger partial charge in [0.05, 0.1) is 6.10 Å². The summed E-state index contributed by atoms with van der Waals surface area (Å²) >= 11 is 0. The summed E-state index contributed by atoms with van der Waals surface area (Å²) in [6.45, 7) is 6.74. The number of rotatable bonds is 11. The van der Waals surface area contributed by atoms with Crippen LogP contribution in [-0.2, 0) is 9.53 Å². The van der Waals surface area contributed by atoms with Gasteiger partial charge >= 0.3 is 0 Å². The first-order chi connectivity index (χ1) is 12.6. The minimum absolute atomic E-state index is 0.0634. The third-order valence-electron chi connectivity index (χ3n) is 5.08. The van der Waals surface area contributed by atoms with Gasteiger partial charge in [0.1, 0.15) is 11.4 Å². The second-order valence-electron chi connectivity index (χ2n) is 7.54. The average molecular weight is 362 g/mol. The first kappa shape index (κ1) is 20.8. The highest BCUT2D eigenvalue weighted by molar-refractivity contribution is 5.97. The van der Waals surface area contributed by atoms with Gasteiger partial charge in [0.15, 0.2) is 0 Å². The fourth-order valence-electron chi connectivity index (χ4n) is 3.37. The molecule has 1 aromatic carbocycles. The lowest BCUT2D eigenvalue weighted by Crippen LogP contribution is -2.43. The van der Waals surface area contributed by atoms with E-state index >= 15 is 0 Å². The molecule has 146 valence electrons. The van der Waals surface area contributed by atoms with E-state index in [0.717, 1.165) is 56.4 Å². The van der Waals surface area contributed by atoms with E-state index in [0.29, 0.717) is 12.7 Å². The van der Waals surface area contributed by atoms with Crippen molar-refractivity contribution in [2.24, 2.45) is 0 Å². The second kappa shape index (κ2) is 10.6. The maximum Gasteiger partial charge on any atom is 0.256 e. The largest absolute Gasteiger partial charge is 0.490 e. The Morgan fingerprint density at radius 1 is 1.12 bits per heavy atom. The SMILES string of the molecule is CCCCC[C@](C)(OCCC)C(=O)Nc1ccc(OC2CCCC2)cc1. The minimum atomic E-state index is -0.774. The third kappa shape index (κ3) is 6.31. The second-order valence-corrected chi connectivity index (χ2v) is 7.54. The Balaban J connectivity index is 1.93. The third-order valence-corrected chi connectivity index (χ3v) is 5.08. The van der Waals surface area contributed by atoms with Gasteiger partial charge in [0, 0.05) is 12.3 Å². The molecule has 4 heteroatoms. The average Bonchev–Trinajstić information content (AvgIpc) is 3.15. The van der Waals surface area contributed by atoms with E-state index in [2.05, 4.69) is 19.2 Å². The zero-order chi connectivity index (χ0) is 18.8. The van der Waals surface area contributed by atoms with Crippen molar-refractivity contribution in [2.75, 3.05) is 11.9 Å². The lowest BCUT2D eigenvalue weighted by atomic mass is 9.96. The first-order valence-corrected chi connectivity index (χ1v) is 10.3. The predicted molar refractivity (Wildman–Crippen MR) is 107 cm³/mol. The molecule has 1 fully saturated rings. The van der Waals surface area contributed by atoms with Gasteiger partial charge in [-0.15, -0.1) is 0 Å². The van der Waals surface area contributed by atoms with E-state index in [1.807, 2.05) is 31.2 Å². The van der Waals surface area contributed by atoms with Crippen molar-refractivity contribution < 1.29 is 14.3 Å². The molecule has 0 aliphatic heterocycles. The van der Waals surface area contributed by atoms with Crippen LogP contribution in [0.25, 0.3) is 0 Å². The van der Waals surface area contributed by atoms with Gasteiger partial charge < -0.3 is 14.8 Å². The smallest absolute Gasteiger partial charge is 0.256 e. The van der Waals surface area contributed by atoms with Crippen molar-refractivity contribution >= 4 is 11.6 Å². The number of hydrogen-bond donors (Lipinski definition) is 1. The molecule has 2 rings (SSSR count). The zero-order valence-electron chi connectivity index (χ0n) is 16.7. The molecular weight excluding hydrogens is 326 g/mol. The van der Waals surface area contributed by atoms with Crippen molar-refractivity contribution in [1.29, 1.82) is 0 Å². The number of hydrogen-bond acceptors (Lipinski definition) is 3. The Labute approximate surface area is 158 Å². The molecule has 0 spiro atoms. The number of amides is 1. The predicted octanol–water partition coefficient (Wildman–Crippen LogP) is 5.71. The molecule has 1 aliphatic carbocycles. The normalized spacial score (nSPS) is 17.0.